The lowest BCUT2D eigenvalue weighted by atomic mass is 10.0. The number of hydrogen-bond donors (Lipinski definition) is 3. The number of carbonyl (C=O) groups excluding carboxylic acids is 7. The van der Waals surface area contributed by atoms with E-state index in [0.29, 0.717) is 103 Å². The first-order valence-electron chi connectivity index (χ1n) is 28.6. The molecule has 84 heavy (non-hydrogen) atoms. The lowest BCUT2D eigenvalue weighted by Gasteiger charge is -2.34. The summed E-state index contributed by atoms with van der Waals surface area (Å²) in [5.41, 5.74) is 7.51. The molecule has 6 aliphatic heterocycles. The first kappa shape index (κ1) is 58.1. The number of ether oxygens (including phenoxy) is 4. The van der Waals surface area contributed by atoms with E-state index in [9.17, 15) is 33.6 Å². The van der Waals surface area contributed by atoms with Crippen molar-refractivity contribution in [3.05, 3.63) is 120 Å². The summed E-state index contributed by atoms with van der Waals surface area (Å²) >= 11 is 0. The highest BCUT2D eigenvalue weighted by atomic mass is 16.5. The Labute approximate surface area is 488 Å². The highest BCUT2D eigenvalue weighted by molar-refractivity contribution is 6.13. The number of carbonyl (C=O) groups is 7. The predicted octanol–water partition coefficient (Wildman–Crippen LogP) is 7.07. The minimum absolute atomic E-state index is 0.138. The average Bonchev–Trinajstić information content (AvgIpc) is 4.37. The molecule has 0 aliphatic carbocycles. The van der Waals surface area contributed by atoms with Crippen LogP contribution in [-0.2, 0) is 24.0 Å². The van der Waals surface area contributed by atoms with Gasteiger partial charge in [-0.25, -0.2) is 0 Å². The van der Waals surface area contributed by atoms with Gasteiger partial charge in [-0.1, -0.05) is 30.7 Å². The van der Waals surface area contributed by atoms with E-state index in [-0.39, 0.29) is 54.6 Å². The molecule has 1 saturated heterocycles. The molecule has 3 N–H and O–H groups in total. The van der Waals surface area contributed by atoms with Gasteiger partial charge in [-0.3, -0.25) is 48.4 Å². The molecule has 0 radical (unpaired) electrons. The van der Waals surface area contributed by atoms with Gasteiger partial charge in [0.25, 0.3) is 23.6 Å². The molecule has 0 aromatic heterocycles. The van der Waals surface area contributed by atoms with Gasteiger partial charge < -0.3 is 54.5 Å². The second kappa shape index (κ2) is 26.4. The van der Waals surface area contributed by atoms with Gasteiger partial charge in [-0.15, -0.1) is 0 Å². The van der Waals surface area contributed by atoms with Crippen molar-refractivity contribution in [2.45, 2.75) is 82.8 Å². The molecule has 6 aliphatic rings. The Morgan fingerprint density at radius 2 is 1.15 bits per heavy atom. The van der Waals surface area contributed by atoms with Crippen molar-refractivity contribution in [3.8, 4) is 23.0 Å². The quantitative estimate of drug-likeness (QED) is 0.0471. The lowest BCUT2D eigenvalue weighted by molar-refractivity contribution is -0.137. The van der Waals surface area contributed by atoms with Crippen LogP contribution in [0.25, 0.3) is 11.1 Å². The molecular weight excluding hydrogens is 1070 g/mol. The van der Waals surface area contributed by atoms with Crippen LogP contribution < -0.4 is 39.8 Å². The minimum Gasteiger partial charge on any atom is -0.493 e. The van der Waals surface area contributed by atoms with Crippen LogP contribution in [-0.4, -0.2) is 165 Å². The Kier molecular flexibility index (Phi) is 18.3. The van der Waals surface area contributed by atoms with Gasteiger partial charge in [0.1, 0.15) is 6.04 Å². The van der Waals surface area contributed by atoms with Gasteiger partial charge in [-0.2, -0.15) is 0 Å². The van der Waals surface area contributed by atoms with Gasteiger partial charge in [0.05, 0.1) is 68.6 Å². The fraction of sp³-hybridized carbons (Fsp3) is 0.381. The molecule has 4 aromatic rings. The molecule has 1 fully saturated rings. The summed E-state index contributed by atoms with van der Waals surface area (Å²) in [5, 5.41) is 7.95. The zero-order valence-electron chi connectivity index (χ0n) is 47.8. The Morgan fingerprint density at radius 1 is 0.631 bits per heavy atom. The topological polar surface area (TPSA) is 233 Å². The third kappa shape index (κ3) is 13.5. The Hall–Kier alpha value is -9.11. The molecule has 3 atom stereocenters. The summed E-state index contributed by atoms with van der Waals surface area (Å²) in [7, 11) is 5.24. The second-order valence-corrected chi connectivity index (χ2v) is 21.6. The van der Waals surface area contributed by atoms with Gasteiger partial charge in [-0.05, 0) is 105 Å². The molecule has 4 aromatic carbocycles. The van der Waals surface area contributed by atoms with E-state index >= 15 is 0 Å². The van der Waals surface area contributed by atoms with E-state index in [1.807, 2.05) is 30.7 Å². The van der Waals surface area contributed by atoms with E-state index in [0.717, 1.165) is 72.6 Å². The number of benzene rings is 4. The summed E-state index contributed by atoms with van der Waals surface area (Å²) in [6.07, 6.45) is 15.2. The number of likely N-dealkylation sites (N-methyl/N-ethyl adjacent to an activating group) is 1. The number of piperazine rings is 1. The number of imide groups is 1. The first-order valence-corrected chi connectivity index (χ1v) is 28.6. The number of methoxy groups -OCH3 is 2. The number of fused-ring (bicyclic) bond motifs is 4. The van der Waals surface area contributed by atoms with E-state index < -0.39 is 17.9 Å². The average molecular weight is 1140 g/mol. The van der Waals surface area contributed by atoms with E-state index in [4.69, 9.17) is 28.9 Å². The highest BCUT2D eigenvalue weighted by Crippen LogP contribution is 2.42. The molecule has 0 bridgehead atoms. The van der Waals surface area contributed by atoms with Gasteiger partial charge in [0.2, 0.25) is 17.7 Å². The summed E-state index contributed by atoms with van der Waals surface area (Å²) < 4.78 is 23.8. The normalized spacial score (nSPS) is 18.3. The van der Waals surface area contributed by atoms with Crippen molar-refractivity contribution in [1.29, 1.82) is 0 Å². The number of aliphatic imine (C=N–C) groups is 2. The zero-order valence-corrected chi connectivity index (χ0v) is 47.8. The first-order chi connectivity index (χ1) is 40.7. The predicted molar refractivity (Wildman–Crippen MR) is 318 cm³/mol. The Bertz CT molecular complexity index is 3330. The maximum Gasteiger partial charge on any atom is 0.260 e. The van der Waals surface area contributed by atoms with Crippen LogP contribution >= 0.6 is 0 Å². The van der Waals surface area contributed by atoms with Crippen molar-refractivity contribution in [2.75, 3.05) is 84.0 Å². The van der Waals surface area contributed by atoms with Gasteiger partial charge >= 0.3 is 0 Å². The number of unbranched alkanes of at least 4 members (excludes halogenated alkanes) is 4. The SMILES string of the molecule is COc1cc2c(cc1OCCCCCOc1cc3c(cc1OC)C(=O)N1C=C(c4ccc(NC(=O)[C@H](C)NC(=O)CNC(=O)CCCCCN5C(=O)C=CC5=O)cc4)C[C@H]1C=N3)N=CC1CC(c3ccc(N4CCN(C)CC4)cc3)=CN1C2=O. The van der Waals surface area contributed by atoms with Crippen LogP contribution in [0.2, 0.25) is 0 Å². The summed E-state index contributed by atoms with van der Waals surface area (Å²) in [5.74, 6) is -0.482. The molecule has 21 heteroatoms. The molecular formula is C63H70N10O11. The number of nitrogens with zero attached hydrogens (tertiary/aromatic N) is 7. The van der Waals surface area contributed by atoms with E-state index in [1.54, 1.807) is 66.4 Å². The van der Waals surface area contributed by atoms with Crippen molar-refractivity contribution in [1.82, 2.24) is 30.2 Å². The molecule has 438 valence electrons. The number of amides is 7. The number of hydrogen-bond acceptors (Lipinski definition) is 15. The monoisotopic (exact) mass is 1140 g/mol. The van der Waals surface area contributed by atoms with Crippen LogP contribution in [0.4, 0.5) is 22.7 Å². The van der Waals surface area contributed by atoms with Crippen molar-refractivity contribution < 1.29 is 52.5 Å². The largest absolute Gasteiger partial charge is 0.493 e. The lowest BCUT2D eigenvalue weighted by Crippen LogP contribution is -2.45. The minimum atomic E-state index is -0.894. The van der Waals surface area contributed by atoms with Crippen molar-refractivity contribution in [3.63, 3.8) is 0 Å². The van der Waals surface area contributed by atoms with Crippen LogP contribution in [0, 0.1) is 0 Å². The van der Waals surface area contributed by atoms with Crippen molar-refractivity contribution >= 4 is 87.7 Å². The maximum absolute atomic E-state index is 14.1. The molecule has 0 saturated carbocycles. The van der Waals surface area contributed by atoms with Crippen LogP contribution in [0.3, 0.4) is 0 Å². The molecule has 7 amide bonds. The smallest absolute Gasteiger partial charge is 0.260 e. The Balaban J connectivity index is 0.646. The second-order valence-electron chi connectivity index (χ2n) is 21.6. The highest BCUT2D eigenvalue weighted by Gasteiger charge is 2.36. The molecule has 6 heterocycles. The molecule has 1 unspecified atom stereocenters. The number of anilines is 2. The van der Waals surface area contributed by atoms with Crippen LogP contribution in [0.1, 0.15) is 96.6 Å². The van der Waals surface area contributed by atoms with Crippen LogP contribution in [0.5, 0.6) is 23.0 Å². The zero-order chi connectivity index (χ0) is 58.9. The summed E-state index contributed by atoms with van der Waals surface area (Å²) in [4.78, 5) is 108. The van der Waals surface area contributed by atoms with Crippen LogP contribution in [0.15, 0.2) is 107 Å². The number of rotatable bonds is 24. The fourth-order valence-corrected chi connectivity index (χ4v) is 10.9. The third-order valence-electron chi connectivity index (χ3n) is 15.8. The molecule has 10 rings (SSSR count). The Morgan fingerprint density at radius 3 is 1.69 bits per heavy atom. The van der Waals surface area contributed by atoms with E-state index in [2.05, 4.69) is 57.1 Å². The summed E-state index contributed by atoms with van der Waals surface area (Å²) in [6.45, 7) is 6.43. The number of nitrogens with one attached hydrogen (secondary N) is 3. The molecule has 21 nitrogen and oxygen atoms in total. The van der Waals surface area contributed by atoms with Gasteiger partial charge in [0.15, 0.2) is 23.0 Å². The third-order valence-corrected chi connectivity index (χ3v) is 15.8. The standard InChI is InChI=1S/C63H70N10O11/c1-40(67-58(75)37-66-57(74)11-7-5-8-22-71-59(76)20-21-60(71)77)61(78)68-45-16-12-41(13-17-45)43-29-47-35-64-51-33-55(53(81-3)31-49(51)62(79)72(47)38-43)83-27-9-6-10-28-84-56-34-52-50(32-54(56)82-4)63(80)73-39-44(30-48(73)36-65-52)42-14-18-46(19-15-42)70-25-23-69(2)24-26-70/h12-21,31-36,38-40,47-48H,5-11,22-30,37H2,1-4H3,(H,66,74)(H,67,75)(H,68,78)/t40-,47-,48?/m0/s1. The molecule has 0 spiro atoms. The van der Waals surface area contributed by atoms with E-state index in [1.165, 1.54) is 24.9 Å². The van der Waals surface area contributed by atoms with Gasteiger partial charge in [0, 0.05) is 112 Å². The summed E-state index contributed by atoms with van der Waals surface area (Å²) in [6, 6.07) is 21.3. The van der Waals surface area contributed by atoms with Crippen molar-refractivity contribution in [2.24, 2.45) is 9.98 Å². The fourth-order valence-electron chi connectivity index (χ4n) is 10.9. The maximum atomic E-state index is 14.1.